The van der Waals surface area contributed by atoms with Crippen LogP contribution >= 0.6 is 0 Å². The fourth-order valence-electron chi connectivity index (χ4n) is 2.67. The molecule has 0 aliphatic rings. The van der Waals surface area contributed by atoms with Crippen molar-refractivity contribution in [2.24, 2.45) is 0 Å². The molecule has 0 spiro atoms. The minimum atomic E-state index is -2.93. The second kappa shape index (κ2) is 13.3. The fraction of sp³-hybridized carbons (Fsp3) is 0.684. The molecule has 33 heavy (non-hydrogen) atoms. The molecule has 0 heterocycles. The lowest BCUT2D eigenvalue weighted by atomic mass is 9.96. The predicted molar refractivity (Wildman–Crippen MR) is 104 cm³/mol. The standard InChI is InChI=1S/C19H28O14/c1-2-3-4-5-11(33-15(25)9-19(31,17(28)29)7-13(22)23)10-32-14(24)8-18(30,16(26)27)6-12(20)21/h11,30-31H,2-10H2,1H3,(H,20,21)(H,22,23)(H,26,27)(H,28,29). The molecule has 14 heteroatoms. The lowest BCUT2D eigenvalue weighted by molar-refractivity contribution is -0.177. The molecule has 0 aromatic heterocycles. The summed E-state index contributed by atoms with van der Waals surface area (Å²) in [5.41, 5.74) is -5.85. The molecule has 6 N–H and O–H groups in total. The first-order chi connectivity index (χ1) is 15.1. The Labute approximate surface area is 187 Å². The summed E-state index contributed by atoms with van der Waals surface area (Å²) in [6, 6.07) is 0. The Hall–Kier alpha value is -3.26. The highest BCUT2D eigenvalue weighted by molar-refractivity contribution is 5.89. The van der Waals surface area contributed by atoms with Gasteiger partial charge in [-0.3, -0.25) is 19.2 Å². The molecular formula is C19H28O14. The van der Waals surface area contributed by atoms with Crippen LogP contribution < -0.4 is 0 Å². The SMILES string of the molecule is CCCCCC(COC(=O)CC(O)(CC(=O)O)C(=O)O)OC(=O)CC(O)(CC(=O)O)C(=O)O. The van der Waals surface area contributed by atoms with Crippen LogP contribution in [0.3, 0.4) is 0 Å². The molecule has 0 rings (SSSR count). The zero-order valence-corrected chi connectivity index (χ0v) is 17.9. The second-order valence-electron chi connectivity index (χ2n) is 7.46. The zero-order chi connectivity index (χ0) is 25.8. The van der Waals surface area contributed by atoms with Gasteiger partial charge in [-0.1, -0.05) is 19.8 Å². The number of hydrogen-bond donors (Lipinski definition) is 6. The number of carbonyl (C=O) groups excluding carboxylic acids is 2. The maximum atomic E-state index is 12.1. The minimum Gasteiger partial charge on any atom is -0.481 e. The highest BCUT2D eigenvalue weighted by Gasteiger charge is 2.43. The summed E-state index contributed by atoms with van der Waals surface area (Å²) in [4.78, 5) is 67.8. The Balaban J connectivity index is 5.19. The lowest BCUT2D eigenvalue weighted by Crippen LogP contribution is -2.44. The van der Waals surface area contributed by atoms with Gasteiger partial charge in [-0.05, 0) is 12.8 Å². The van der Waals surface area contributed by atoms with E-state index in [1.54, 1.807) is 0 Å². The van der Waals surface area contributed by atoms with Crippen LogP contribution in [-0.4, -0.2) is 90.4 Å². The van der Waals surface area contributed by atoms with E-state index in [2.05, 4.69) is 0 Å². The summed E-state index contributed by atoms with van der Waals surface area (Å²) < 4.78 is 9.81. The number of ether oxygens (including phenoxy) is 2. The van der Waals surface area contributed by atoms with E-state index in [4.69, 9.17) is 29.9 Å². The molecule has 14 nitrogen and oxygen atoms in total. The van der Waals surface area contributed by atoms with Gasteiger partial charge in [0.25, 0.3) is 0 Å². The third kappa shape index (κ3) is 11.2. The maximum Gasteiger partial charge on any atom is 0.336 e. The third-order valence-electron chi connectivity index (χ3n) is 4.42. The van der Waals surface area contributed by atoms with Crippen molar-refractivity contribution in [2.45, 2.75) is 75.6 Å². The summed E-state index contributed by atoms with van der Waals surface area (Å²) in [6.07, 6.45) is -4.08. The number of esters is 2. The molecule has 3 unspecified atom stereocenters. The van der Waals surface area contributed by atoms with Gasteiger partial charge in [0.1, 0.15) is 12.7 Å². The smallest absolute Gasteiger partial charge is 0.336 e. The summed E-state index contributed by atoms with van der Waals surface area (Å²) in [6.45, 7) is 1.23. The van der Waals surface area contributed by atoms with Crippen molar-refractivity contribution in [2.75, 3.05) is 6.61 Å². The van der Waals surface area contributed by atoms with Crippen molar-refractivity contribution in [3.05, 3.63) is 0 Å². The number of unbranched alkanes of at least 4 members (excludes halogenated alkanes) is 2. The average Bonchev–Trinajstić information content (AvgIpc) is 2.64. The van der Waals surface area contributed by atoms with Crippen molar-refractivity contribution in [1.29, 1.82) is 0 Å². The van der Waals surface area contributed by atoms with Gasteiger partial charge >= 0.3 is 35.8 Å². The van der Waals surface area contributed by atoms with Crippen molar-refractivity contribution < 1.29 is 68.9 Å². The van der Waals surface area contributed by atoms with E-state index in [1.807, 2.05) is 6.92 Å². The van der Waals surface area contributed by atoms with Crippen molar-refractivity contribution in [3.63, 3.8) is 0 Å². The molecule has 0 aromatic carbocycles. The Morgan fingerprint density at radius 2 is 1.18 bits per heavy atom. The Kier molecular flexibility index (Phi) is 12.0. The van der Waals surface area contributed by atoms with Crippen LogP contribution in [0.4, 0.5) is 0 Å². The summed E-state index contributed by atoms with van der Waals surface area (Å²) >= 11 is 0. The normalized spacial score (nSPS) is 15.4. The number of hydrogen-bond acceptors (Lipinski definition) is 10. The molecule has 188 valence electrons. The van der Waals surface area contributed by atoms with Crippen molar-refractivity contribution in [3.8, 4) is 0 Å². The number of aliphatic carboxylic acids is 4. The van der Waals surface area contributed by atoms with Gasteiger partial charge in [0.2, 0.25) is 0 Å². The monoisotopic (exact) mass is 480 g/mol. The molecule has 0 amide bonds. The molecule has 0 saturated carbocycles. The van der Waals surface area contributed by atoms with Crippen LogP contribution in [0.5, 0.6) is 0 Å². The van der Waals surface area contributed by atoms with Gasteiger partial charge in [0.05, 0.1) is 25.7 Å². The van der Waals surface area contributed by atoms with E-state index in [-0.39, 0.29) is 6.42 Å². The number of rotatable bonds is 17. The zero-order valence-electron chi connectivity index (χ0n) is 17.9. The van der Waals surface area contributed by atoms with E-state index in [9.17, 15) is 39.0 Å². The Bertz CT molecular complexity index is 747. The van der Waals surface area contributed by atoms with Gasteiger partial charge in [-0.2, -0.15) is 0 Å². The van der Waals surface area contributed by atoms with Crippen LogP contribution in [0.25, 0.3) is 0 Å². The van der Waals surface area contributed by atoms with Gasteiger partial charge in [0, 0.05) is 0 Å². The third-order valence-corrected chi connectivity index (χ3v) is 4.42. The molecule has 3 atom stereocenters. The number of carboxylic acid groups (broad SMARTS) is 4. The fourth-order valence-corrected chi connectivity index (χ4v) is 2.67. The highest BCUT2D eigenvalue weighted by atomic mass is 16.6. The van der Waals surface area contributed by atoms with Crippen LogP contribution in [-0.2, 0) is 38.2 Å². The molecule has 0 aromatic rings. The number of carboxylic acids is 4. The highest BCUT2D eigenvalue weighted by Crippen LogP contribution is 2.20. The maximum absolute atomic E-state index is 12.1. The van der Waals surface area contributed by atoms with E-state index >= 15 is 0 Å². The molecule has 0 aliphatic heterocycles. The van der Waals surface area contributed by atoms with E-state index in [1.165, 1.54) is 0 Å². The van der Waals surface area contributed by atoms with Gasteiger partial charge in [0.15, 0.2) is 11.2 Å². The molecule has 0 bridgehead atoms. The van der Waals surface area contributed by atoms with Gasteiger partial charge < -0.3 is 40.1 Å². The minimum absolute atomic E-state index is 0.121. The van der Waals surface area contributed by atoms with Crippen LogP contribution in [0.15, 0.2) is 0 Å². The Morgan fingerprint density at radius 3 is 1.58 bits per heavy atom. The lowest BCUT2D eigenvalue weighted by Gasteiger charge is -2.24. The molecule has 0 fully saturated rings. The van der Waals surface area contributed by atoms with E-state index in [0.29, 0.717) is 12.8 Å². The summed E-state index contributed by atoms with van der Waals surface area (Å²) in [7, 11) is 0. The van der Waals surface area contributed by atoms with Crippen molar-refractivity contribution >= 4 is 35.8 Å². The number of carbonyl (C=O) groups is 6. The number of aliphatic hydroxyl groups is 2. The largest absolute Gasteiger partial charge is 0.481 e. The van der Waals surface area contributed by atoms with Crippen LogP contribution in [0.2, 0.25) is 0 Å². The molecule has 0 aliphatic carbocycles. The van der Waals surface area contributed by atoms with E-state index in [0.717, 1.165) is 6.42 Å². The second-order valence-corrected chi connectivity index (χ2v) is 7.46. The molecular weight excluding hydrogens is 452 g/mol. The van der Waals surface area contributed by atoms with Gasteiger partial charge in [-0.15, -0.1) is 0 Å². The predicted octanol–water partition coefficient (Wildman–Crippen LogP) is -0.617. The molecule has 0 saturated heterocycles. The molecule has 0 radical (unpaired) electrons. The van der Waals surface area contributed by atoms with E-state index < -0.39 is 85.4 Å². The van der Waals surface area contributed by atoms with Crippen molar-refractivity contribution in [1.82, 2.24) is 0 Å². The van der Waals surface area contributed by atoms with Crippen LogP contribution in [0.1, 0.15) is 58.3 Å². The van der Waals surface area contributed by atoms with Crippen LogP contribution in [0, 0.1) is 0 Å². The van der Waals surface area contributed by atoms with Gasteiger partial charge in [-0.25, -0.2) is 9.59 Å². The first kappa shape index (κ1) is 29.7. The first-order valence-electron chi connectivity index (χ1n) is 9.85. The first-order valence-corrected chi connectivity index (χ1v) is 9.85. The quantitative estimate of drug-likeness (QED) is 0.112. The summed E-state index contributed by atoms with van der Waals surface area (Å²) in [5.74, 6) is -9.85. The topological polar surface area (TPSA) is 242 Å². The average molecular weight is 480 g/mol. The summed E-state index contributed by atoms with van der Waals surface area (Å²) in [5, 5.41) is 55.2. The Morgan fingerprint density at radius 1 is 0.727 bits per heavy atom.